The standard InChI is InChI=1S/C18H21Cl2N3O2/c19-14-7-16-17(8-15(14)20)22-18(9-21-16)23-4-1-13(2-5-23)25-11-12-3-6-24-10-12/h7-9,12-13H,1-6,10-11H2. The monoisotopic (exact) mass is 381 g/mol. The molecule has 7 heteroatoms. The van der Waals surface area contributed by atoms with E-state index in [2.05, 4.69) is 9.88 Å². The second kappa shape index (κ2) is 7.62. The van der Waals surface area contributed by atoms with Gasteiger partial charge in [-0.05, 0) is 31.4 Å². The second-order valence-electron chi connectivity index (χ2n) is 6.73. The van der Waals surface area contributed by atoms with Gasteiger partial charge in [0.05, 0.1) is 46.6 Å². The predicted octanol–water partition coefficient (Wildman–Crippen LogP) is 3.96. The summed E-state index contributed by atoms with van der Waals surface area (Å²) in [4.78, 5) is 11.4. The number of rotatable bonds is 4. The Morgan fingerprint density at radius 1 is 1.12 bits per heavy atom. The van der Waals surface area contributed by atoms with E-state index in [9.17, 15) is 0 Å². The number of aromatic nitrogens is 2. The third-order valence-corrected chi connectivity index (χ3v) is 5.65. The number of hydrogen-bond donors (Lipinski definition) is 0. The highest BCUT2D eigenvalue weighted by Gasteiger charge is 2.23. The van der Waals surface area contributed by atoms with Crippen molar-refractivity contribution >= 4 is 40.1 Å². The molecule has 3 heterocycles. The molecule has 1 aromatic carbocycles. The summed E-state index contributed by atoms with van der Waals surface area (Å²) in [5, 5.41) is 1.01. The van der Waals surface area contributed by atoms with Gasteiger partial charge in [0.2, 0.25) is 0 Å². The lowest BCUT2D eigenvalue weighted by molar-refractivity contribution is 0.0131. The van der Waals surface area contributed by atoms with Gasteiger partial charge in [-0.3, -0.25) is 4.98 Å². The van der Waals surface area contributed by atoms with Crippen LogP contribution in [-0.4, -0.2) is 49.0 Å². The van der Waals surface area contributed by atoms with Crippen LogP contribution in [-0.2, 0) is 9.47 Å². The molecule has 2 aliphatic rings. The van der Waals surface area contributed by atoms with E-state index >= 15 is 0 Å². The van der Waals surface area contributed by atoms with Gasteiger partial charge in [0.15, 0.2) is 0 Å². The van der Waals surface area contributed by atoms with Gasteiger partial charge in [-0.15, -0.1) is 0 Å². The van der Waals surface area contributed by atoms with Crippen molar-refractivity contribution in [3.05, 3.63) is 28.4 Å². The Hall–Kier alpha value is -1.14. The average molecular weight is 382 g/mol. The van der Waals surface area contributed by atoms with E-state index in [1.54, 1.807) is 12.1 Å². The van der Waals surface area contributed by atoms with Crippen LogP contribution in [0.25, 0.3) is 11.0 Å². The van der Waals surface area contributed by atoms with Crippen molar-refractivity contribution in [3.63, 3.8) is 0 Å². The van der Waals surface area contributed by atoms with Crippen molar-refractivity contribution in [1.82, 2.24) is 9.97 Å². The third kappa shape index (κ3) is 4.00. The molecule has 0 N–H and O–H groups in total. The van der Waals surface area contributed by atoms with Crippen LogP contribution >= 0.6 is 23.2 Å². The van der Waals surface area contributed by atoms with Crippen LogP contribution in [0.15, 0.2) is 18.3 Å². The molecule has 5 nitrogen and oxygen atoms in total. The quantitative estimate of drug-likeness (QED) is 0.801. The molecule has 1 aromatic heterocycles. The molecule has 0 spiro atoms. The SMILES string of the molecule is Clc1cc2ncc(N3CCC(OCC4CCOC4)CC3)nc2cc1Cl. The van der Waals surface area contributed by atoms with Crippen molar-refractivity contribution in [2.45, 2.75) is 25.4 Å². The zero-order chi connectivity index (χ0) is 17.2. The molecule has 25 heavy (non-hydrogen) atoms. The summed E-state index contributed by atoms with van der Waals surface area (Å²) in [6.45, 7) is 4.39. The summed E-state index contributed by atoms with van der Waals surface area (Å²) < 4.78 is 11.5. The van der Waals surface area contributed by atoms with E-state index in [-0.39, 0.29) is 0 Å². The first-order valence-electron chi connectivity index (χ1n) is 8.75. The van der Waals surface area contributed by atoms with Gasteiger partial charge >= 0.3 is 0 Å². The Kier molecular flexibility index (Phi) is 5.27. The molecular formula is C18H21Cl2N3O2. The summed E-state index contributed by atoms with van der Waals surface area (Å²) in [6, 6.07) is 3.53. The van der Waals surface area contributed by atoms with Crippen LogP contribution in [0.3, 0.4) is 0 Å². The van der Waals surface area contributed by atoms with Crippen LogP contribution in [0.2, 0.25) is 10.0 Å². The first-order valence-corrected chi connectivity index (χ1v) is 9.51. The van der Waals surface area contributed by atoms with E-state index in [1.165, 1.54) is 0 Å². The van der Waals surface area contributed by atoms with Gasteiger partial charge in [-0.25, -0.2) is 4.98 Å². The summed E-state index contributed by atoms with van der Waals surface area (Å²) in [5.74, 6) is 1.45. The first-order chi connectivity index (χ1) is 12.2. The lowest BCUT2D eigenvalue weighted by atomic mass is 10.1. The van der Waals surface area contributed by atoms with E-state index in [0.717, 1.165) is 69.0 Å². The fourth-order valence-corrected chi connectivity index (χ4v) is 3.71. The van der Waals surface area contributed by atoms with Crippen molar-refractivity contribution in [1.29, 1.82) is 0 Å². The fraction of sp³-hybridized carbons (Fsp3) is 0.556. The molecule has 0 saturated carbocycles. The summed E-state index contributed by atoms with van der Waals surface area (Å²) in [7, 11) is 0. The topological polar surface area (TPSA) is 47.5 Å². The maximum atomic E-state index is 6.09. The maximum Gasteiger partial charge on any atom is 0.147 e. The molecular weight excluding hydrogens is 361 g/mol. The number of piperidine rings is 1. The Morgan fingerprint density at radius 3 is 2.60 bits per heavy atom. The van der Waals surface area contributed by atoms with Crippen molar-refractivity contribution < 1.29 is 9.47 Å². The van der Waals surface area contributed by atoms with E-state index in [0.29, 0.717) is 22.1 Å². The van der Waals surface area contributed by atoms with Crippen LogP contribution in [0.4, 0.5) is 5.82 Å². The number of anilines is 1. The zero-order valence-electron chi connectivity index (χ0n) is 14.0. The Labute approximate surface area is 157 Å². The summed E-state index contributed by atoms with van der Waals surface area (Å²) in [5.41, 5.74) is 1.53. The van der Waals surface area contributed by atoms with Crippen molar-refractivity contribution in [3.8, 4) is 0 Å². The average Bonchev–Trinajstić information content (AvgIpc) is 3.15. The number of fused-ring (bicyclic) bond motifs is 1. The number of hydrogen-bond acceptors (Lipinski definition) is 5. The fourth-order valence-electron chi connectivity index (χ4n) is 3.39. The molecule has 2 aliphatic heterocycles. The van der Waals surface area contributed by atoms with Gasteiger partial charge in [0, 0.05) is 25.6 Å². The Bertz CT molecular complexity index is 744. The van der Waals surface area contributed by atoms with E-state index < -0.39 is 0 Å². The molecule has 0 aliphatic carbocycles. The lowest BCUT2D eigenvalue weighted by Gasteiger charge is -2.33. The normalized spacial score (nSPS) is 22.0. The minimum absolute atomic E-state index is 0.332. The molecule has 4 rings (SSSR count). The number of ether oxygens (including phenoxy) is 2. The Morgan fingerprint density at radius 2 is 1.88 bits per heavy atom. The number of benzene rings is 1. The number of halogens is 2. The summed E-state index contributed by atoms with van der Waals surface area (Å²) in [6.07, 6.45) is 5.28. The minimum atomic E-state index is 0.332. The van der Waals surface area contributed by atoms with Crippen LogP contribution in [0.5, 0.6) is 0 Å². The van der Waals surface area contributed by atoms with Crippen LogP contribution in [0, 0.1) is 5.92 Å². The molecule has 0 radical (unpaired) electrons. The summed E-state index contributed by atoms with van der Waals surface area (Å²) >= 11 is 12.1. The van der Waals surface area contributed by atoms with Gasteiger partial charge in [0.1, 0.15) is 5.82 Å². The molecule has 134 valence electrons. The lowest BCUT2D eigenvalue weighted by Crippen LogP contribution is -2.38. The smallest absolute Gasteiger partial charge is 0.147 e. The molecule has 1 atom stereocenters. The van der Waals surface area contributed by atoms with E-state index in [1.807, 2.05) is 6.20 Å². The van der Waals surface area contributed by atoms with E-state index in [4.69, 9.17) is 37.7 Å². The molecule has 0 amide bonds. The van der Waals surface area contributed by atoms with Crippen molar-refractivity contribution in [2.75, 3.05) is 37.8 Å². The molecule has 0 bridgehead atoms. The molecule has 1 unspecified atom stereocenters. The highest BCUT2D eigenvalue weighted by atomic mass is 35.5. The molecule has 2 fully saturated rings. The van der Waals surface area contributed by atoms with Gasteiger partial charge in [0.25, 0.3) is 0 Å². The molecule has 2 saturated heterocycles. The van der Waals surface area contributed by atoms with Crippen LogP contribution in [0.1, 0.15) is 19.3 Å². The van der Waals surface area contributed by atoms with Gasteiger partial charge in [-0.1, -0.05) is 23.2 Å². The van der Waals surface area contributed by atoms with Crippen molar-refractivity contribution in [2.24, 2.45) is 5.92 Å². The maximum absolute atomic E-state index is 6.09. The zero-order valence-corrected chi connectivity index (χ0v) is 15.5. The first kappa shape index (κ1) is 17.3. The van der Waals surface area contributed by atoms with Gasteiger partial charge in [-0.2, -0.15) is 0 Å². The highest BCUT2D eigenvalue weighted by Crippen LogP contribution is 2.28. The minimum Gasteiger partial charge on any atom is -0.381 e. The Balaban J connectivity index is 1.37. The highest BCUT2D eigenvalue weighted by molar-refractivity contribution is 6.42. The number of nitrogens with zero attached hydrogens (tertiary/aromatic N) is 3. The van der Waals surface area contributed by atoms with Crippen LogP contribution < -0.4 is 4.90 Å². The predicted molar refractivity (Wildman–Crippen MR) is 99.7 cm³/mol. The third-order valence-electron chi connectivity index (χ3n) is 4.93. The second-order valence-corrected chi connectivity index (χ2v) is 7.55. The van der Waals surface area contributed by atoms with Gasteiger partial charge < -0.3 is 14.4 Å². The largest absolute Gasteiger partial charge is 0.381 e. The molecule has 2 aromatic rings.